The van der Waals surface area contributed by atoms with Gasteiger partial charge >= 0.3 is 0 Å². The van der Waals surface area contributed by atoms with Crippen LogP contribution in [0.5, 0.6) is 0 Å². The van der Waals surface area contributed by atoms with E-state index in [1.54, 1.807) is 7.05 Å². The monoisotopic (exact) mass is 293 g/mol. The van der Waals surface area contributed by atoms with Gasteiger partial charge in [0.1, 0.15) is 5.69 Å². The van der Waals surface area contributed by atoms with Crippen molar-refractivity contribution < 1.29 is 14.8 Å². The molecule has 21 heavy (non-hydrogen) atoms. The summed E-state index contributed by atoms with van der Waals surface area (Å²) < 4.78 is 0. The standard InChI is InChI=1S/C14H19N3O4/c1-16(12-4-2-3-5-13(12)18)14(19)9-6-7-11(17(20)21)10(15)8-9/h6-8,12-13,18H,2-5,15H2,1H3. The maximum absolute atomic E-state index is 12.4. The molecule has 1 saturated carbocycles. The number of aliphatic hydroxyl groups excluding tert-OH is 1. The number of carbonyl (C=O) groups excluding carboxylic acids is 1. The van der Waals surface area contributed by atoms with Gasteiger partial charge in [0.25, 0.3) is 11.6 Å². The van der Waals surface area contributed by atoms with E-state index in [1.165, 1.54) is 23.1 Å². The third kappa shape index (κ3) is 3.13. The van der Waals surface area contributed by atoms with Crippen molar-refractivity contribution in [2.45, 2.75) is 37.8 Å². The van der Waals surface area contributed by atoms with Crippen molar-refractivity contribution in [2.75, 3.05) is 12.8 Å². The van der Waals surface area contributed by atoms with Crippen LogP contribution in [0.1, 0.15) is 36.0 Å². The van der Waals surface area contributed by atoms with Gasteiger partial charge in [-0.25, -0.2) is 0 Å². The Labute approximate surface area is 122 Å². The second-order valence-electron chi connectivity index (χ2n) is 5.37. The number of nitrogen functional groups attached to an aromatic ring is 1. The summed E-state index contributed by atoms with van der Waals surface area (Å²) >= 11 is 0. The molecule has 7 nitrogen and oxygen atoms in total. The lowest BCUT2D eigenvalue weighted by Crippen LogP contribution is -2.46. The van der Waals surface area contributed by atoms with Gasteiger partial charge in [0.05, 0.1) is 17.1 Å². The van der Waals surface area contributed by atoms with Crippen LogP contribution in [0.2, 0.25) is 0 Å². The SMILES string of the molecule is CN(C(=O)c1ccc([N+](=O)[O-])c(N)c1)C1CCCCC1O. The summed E-state index contributed by atoms with van der Waals surface area (Å²) in [6.45, 7) is 0. The Morgan fingerprint density at radius 1 is 1.43 bits per heavy atom. The number of nitro groups is 1. The van der Waals surface area contributed by atoms with Crippen LogP contribution >= 0.6 is 0 Å². The van der Waals surface area contributed by atoms with E-state index in [9.17, 15) is 20.0 Å². The highest BCUT2D eigenvalue weighted by molar-refractivity contribution is 5.95. The summed E-state index contributed by atoms with van der Waals surface area (Å²) in [6, 6.07) is 3.71. The van der Waals surface area contributed by atoms with E-state index in [0.717, 1.165) is 19.3 Å². The van der Waals surface area contributed by atoms with Gasteiger partial charge in [0, 0.05) is 18.7 Å². The Morgan fingerprint density at radius 3 is 2.67 bits per heavy atom. The van der Waals surface area contributed by atoms with E-state index < -0.39 is 11.0 Å². The van der Waals surface area contributed by atoms with Gasteiger partial charge in [-0.15, -0.1) is 0 Å². The average Bonchev–Trinajstić information content (AvgIpc) is 2.45. The molecule has 1 amide bonds. The molecular weight excluding hydrogens is 274 g/mol. The second-order valence-corrected chi connectivity index (χ2v) is 5.37. The third-order valence-electron chi connectivity index (χ3n) is 3.98. The van der Waals surface area contributed by atoms with Crippen LogP contribution in [0, 0.1) is 10.1 Å². The Morgan fingerprint density at radius 2 is 2.10 bits per heavy atom. The smallest absolute Gasteiger partial charge is 0.292 e. The Bertz CT molecular complexity index is 561. The van der Waals surface area contributed by atoms with Crippen LogP contribution in [0.3, 0.4) is 0 Å². The number of amides is 1. The van der Waals surface area contributed by atoms with Crippen molar-refractivity contribution >= 4 is 17.3 Å². The summed E-state index contributed by atoms with van der Waals surface area (Å²) in [5, 5.41) is 20.7. The minimum absolute atomic E-state index is 0.0385. The van der Waals surface area contributed by atoms with Crippen LogP contribution in [0.4, 0.5) is 11.4 Å². The topological polar surface area (TPSA) is 110 Å². The molecule has 1 aliphatic carbocycles. The third-order valence-corrected chi connectivity index (χ3v) is 3.98. The summed E-state index contributed by atoms with van der Waals surface area (Å²) in [7, 11) is 1.64. The number of carbonyl (C=O) groups is 1. The molecule has 1 aromatic carbocycles. The molecule has 114 valence electrons. The molecule has 0 bridgehead atoms. The molecule has 0 spiro atoms. The first-order chi connectivity index (χ1) is 9.91. The highest BCUT2D eigenvalue weighted by Crippen LogP contribution is 2.26. The normalized spacial score (nSPS) is 21.8. The number of rotatable bonds is 3. The molecule has 0 heterocycles. The lowest BCUT2D eigenvalue weighted by molar-refractivity contribution is -0.383. The van der Waals surface area contributed by atoms with Crippen molar-refractivity contribution in [1.82, 2.24) is 4.90 Å². The van der Waals surface area contributed by atoms with E-state index in [0.29, 0.717) is 12.0 Å². The molecule has 7 heteroatoms. The van der Waals surface area contributed by atoms with Crippen molar-refractivity contribution in [3.63, 3.8) is 0 Å². The molecule has 1 fully saturated rings. The zero-order valence-electron chi connectivity index (χ0n) is 11.9. The van der Waals surface area contributed by atoms with E-state index in [1.807, 2.05) is 0 Å². The number of benzene rings is 1. The Kier molecular flexibility index (Phi) is 4.42. The van der Waals surface area contributed by atoms with E-state index in [2.05, 4.69) is 0 Å². The molecule has 1 aromatic rings. The lowest BCUT2D eigenvalue weighted by Gasteiger charge is -2.35. The molecule has 0 radical (unpaired) electrons. The van der Waals surface area contributed by atoms with Crippen molar-refractivity contribution in [3.05, 3.63) is 33.9 Å². The average molecular weight is 293 g/mol. The Hall–Kier alpha value is -2.15. The Balaban J connectivity index is 2.19. The quantitative estimate of drug-likeness (QED) is 0.499. The summed E-state index contributed by atoms with van der Waals surface area (Å²) in [6.07, 6.45) is 2.85. The van der Waals surface area contributed by atoms with Crippen LogP contribution in [0.25, 0.3) is 0 Å². The number of aliphatic hydroxyl groups is 1. The van der Waals surface area contributed by atoms with Crippen LogP contribution in [-0.4, -0.2) is 40.0 Å². The van der Waals surface area contributed by atoms with Gasteiger partial charge in [-0.2, -0.15) is 0 Å². The first-order valence-electron chi connectivity index (χ1n) is 6.91. The fraction of sp³-hybridized carbons (Fsp3) is 0.500. The minimum atomic E-state index is -0.585. The predicted octanol–water partition coefficient (Wildman–Crippen LogP) is 1.55. The lowest BCUT2D eigenvalue weighted by atomic mass is 9.91. The summed E-state index contributed by atoms with van der Waals surface area (Å²) in [5.41, 5.74) is 5.64. The molecule has 3 N–H and O–H groups in total. The molecule has 0 saturated heterocycles. The molecular formula is C14H19N3O4. The van der Waals surface area contributed by atoms with E-state index in [4.69, 9.17) is 5.73 Å². The number of hydrogen-bond donors (Lipinski definition) is 2. The molecule has 0 aliphatic heterocycles. The van der Waals surface area contributed by atoms with Gasteiger partial charge in [0.15, 0.2) is 0 Å². The van der Waals surface area contributed by atoms with Gasteiger partial charge in [-0.3, -0.25) is 14.9 Å². The number of hydrogen-bond acceptors (Lipinski definition) is 5. The number of likely N-dealkylation sites (N-methyl/N-ethyl adjacent to an activating group) is 1. The summed E-state index contributed by atoms with van der Waals surface area (Å²) in [4.78, 5) is 24.1. The van der Waals surface area contributed by atoms with E-state index in [-0.39, 0.29) is 23.3 Å². The minimum Gasteiger partial charge on any atom is -0.393 e. The van der Waals surface area contributed by atoms with Gasteiger partial charge in [-0.05, 0) is 25.0 Å². The van der Waals surface area contributed by atoms with E-state index >= 15 is 0 Å². The molecule has 0 aromatic heterocycles. The van der Waals surface area contributed by atoms with Crippen LogP contribution in [0.15, 0.2) is 18.2 Å². The van der Waals surface area contributed by atoms with Gasteiger partial charge in [-0.1, -0.05) is 12.8 Å². The van der Waals surface area contributed by atoms with Crippen LogP contribution in [-0.2, 0) is 0 Å². The maximum atomic E-state index is 12.4. The molecule has 2 rings (SSSR count). The number of anilines is 1. The number of nitrogens with zero attached hydrogens (tertiary/aromatic N) is 2. The largest absolute Gasteiger partial charge is 0.393 e. The van der Waals surface area contributed by atoms with Crippen LogP contribution < -0.4 is 5.73 Å². The number of nitrogens with two attached hydrogens (primary N) is 1. The zero-order chi connectivity index (χ0) is 15.6. The number of nitro benzene ring substituents is 1. The van der Waals surface area contributed by atoms with Gasteiger partial charge < -0.3 is 15.7 Å². The predicted molar refractivity (Wildman–Crippen MR) is 77.9 cm³/mol. The fourth-order valence-electron chi connectivity index (χ4n) is 2.75. The van der Waals surface area contributed by atoms with Crippen molar-refractivity contribution in [1.29, 1.82) is 0 Å². The first kappa shape index (κ1) is 15.2. The molecule has 2 unspecified atom stereocenters. The highest BCUT2D eigenvalue weighted by atomic mass is 16.6. The first-order valence-corrected chi connectivity index (χ1v) is 6.91. The second kappa shape index (κ2) is 6.09. The molecule has 2 atom stereocenters. The van der Waals surface area contributed by atoms with Gasteiger partial charge in [0.2, 0.25) is 0 Å². The summed E-state index contributed by atoms with van der Waals surface area (Å²) in [5.74, 6) is -0.289. The highest BCUT2D eigenvalue weighted by Gasteiger charge is 2.30. The van der Waals surface area contributed by atoms with Crippen molar-refractivity contribution in [3.8, 4) is 0 Å². The maximum Gasteiger partial charge on any atom is 0.292 e. The van der Waals surface area contributed by atoms with Crippen molar-refractivity contribution in [2.24, 2.45) is 0 Å². The molecule has 1 aliphatic rings. The fourth-order valence-corrected chi connectivity index (χ4v) is 2.75. The zero-order valence-corrected chi connectivity index (χ0v) is 11.9.